The molecule has 0 saturated carbocycles. The Morgan fingerprint density at radius 2 is 1.69 bits per heavy atom. The minimum Gasteiger partial charge on any atom is -0.497 e. The SMILES string of the molecule is CCn1c(-c2ccc(F)cc2)c(-c2cc(OC)ccc2Cl)cc(Cl)c1=O. The van der Waals surface area contributed by atoms with Crippen molar-refractivity contribution < 1.29 is 9.13 Å². The molecular formula is C20H16Cl2FNO2. The van der Waals surface area contributed by atoms with Crippen molar-refractivity contribution in [1.82, 2.24) is 4.57 Å². The maximum atomic E-state index is 13.4. The molecule has 3 rings (SSSR count). The Balaban J connectivity index is 2.40. The van der Waals surface area contributed by atoms with Gasteiger partial charge < -0.3 is 9.30 Å². The van der Waals surface area contributed by atoms with Crippen molar-refractivity contribution in [3.8, 4) is 28.1 Å². The molecule has 0 N–H and O–H groups in total. The van der Waals surface area contributed by atoms with Gasteiger partial charge in [-0.1, -0.05) is 23.2 Å². The summed E-state index contributed by atoms with van der Waals surface area (Å²) in [5, 5.41) is 0.582. The van der Waals surface area contributed by atoms with E-state index >= 15 is 0 Å². The smallest absolute Gasteiger partial charge is 0.269 e. The van der Waals surface area contributed by atoms with Crippen LogP contribution in [0, 0.1) is 5.82 Å². The maximum absolute atomic E-state index is 13.4. The van der Waals surface area contributed by atoms with E-state index < -0.39 is 0 Å². The quantitative estimate of drug-likeness (QED) is 0.574. The van der Waals surface area contributed by atoms with Crippen LogP contribution in [0.3, 0.4) is 0 Å². The Labute approximate surface area is 160 Å². The lowest BCUT2D eigenvalue weighted by Crippen LogP contribution is -2.22. The highest BCUT2D eigenvalue weighted by Gasteiger charge is 2.18. The lowest BCUT2D eigenvalue weighted by Gasteiger charge is -2.18. The van der Waals surface area contributed by atoms with Gasteiger partial charge in [-0.15, -0.1) is 0 Å². The molecule has 2 aromatic carbocycles. The molecule has 134 valence electrons. The summed E-state index contributed by atoms with van der Waals surface area (Å²) in [4.78, 5) is 12.6. The van der Waals surface area contributed by atoms with Crippen LogP contribution in [0.5, 0.6) is 5.75 Å². The molecule has 0 aliphatic carbocycles. The van der Waals surface area contributed by atoms with Gasteiger partial charge in [0.2, 0.25) is 0 Å². The van der Waals surface area contributed by atoms with Gasteiger partial charge in [-0.2, -0.15) is 0 Å². The van der Waals surface area contributed by atoms with Crippen LogP contribution in [-0.2, 0) is 6.54 Å². The van der Waals surface area contributed by atoms with Crippen molar-refractivity contribution in [2.24, 2.45) is 0 Å². The van der Waals surface area contributed by atoms with Crippen LogP contribution >= 0.6 is 23.2 Å². The normalized spacial score (nSPS) is 10.8. The minimum absolute atomic E-state index is 0.0894. The van der Waals surface area contributed by atoms with Crippen molar-refractivity contribution >= 4 is 23.2 Å². The average Bonchev–Trinajstić information content (AvgIpc) is 2.65. The van der Waals surface area contributed by atoms with Gasteiger partial charge in [-0.25, -0.2) is 4.39 Å². The molecule has 0 aliphatic heterocycles. The predicted molar refractivity (Wildman–Crippen MR) is 104 cm³/mol. The summed E-state index contributed by atoms with van der Waals surface area (Å²) < 4.78 is 20.2. The van der Waals surface area contributed by atoms with E-state index in [4.69, 9.17) is 27.9 Å². The number of methoxy groups -OCH3 is 1. The molecule has 0 spiro atoms. The fraction of sp³-hybridized carbons (Fsp3) is 0.150. The van der Waals surface area contributed by atoms with Crippen LogP contribution in [0.4, 0.5) is 4.39 Å². The zero-order valence-corrected chi connectivity index (χ0v) is 15.7. The second-order valence-electron chi connectivity index (χ2n) is 5.66. The number of hydrogen-bond acceptors (Lipinski definition) is 2. The van der Waals surface area contributed by atoms with Crippen molar-refractivity contribution in [2.75, 3.05) is 7.11 Å². The number of hydrogen-bond donors (Lipinski definition) is 0. The van der Waals surface area contributed by atoms with E-state index in [1.807, 2.05) is 6.92 Å². The van der Waals surface area contributed by atoms with Crippen molar-refractivity contribution in [3.05, 3.63) is 74.7 Å². The summed E-state index contributed by atoms with van der Waals surface area (Å²) in [7, 11) is 1.56. The minimum atomic E-state index is -0.353. The molecular weight excluding hydrogens is 376 g/mol. The second kappa shape index (κ2) is 7.52. The Hall–Kier alpha value is -2.30. The van der Waals surface area contributed by atoms with Crippen LogP contribution in [0.2, 0.25) is 10.0 Å². The second-order valence-corrected chi connectivity index (χ2v) is 6.47. The van der Waals surface area contributed by atoms with Crippen LogP contribution < -0.4 is 10.3 Å². The standard InChI is InChI=1S/C20H16Cl2FNO2/c1-3-24-19(12-4-6-13(23)7-5-12)16(11-18(22)20(24)25)15-10-14(26-2)8-9-17(15)21/h4-11H,3H2,1-2H3. The van der Waals surface area contributed by atoms with Crippen LogP contribution in [0.15, 0.2) is 53.3 Å². The number of nitrogens with zero attached hydrogens (tertiary/aromatic N) is 1. The molecule has 0 saturated heterocycles. The molecule has 0 amide bonds. The van der Waals surface area contributed by atoms with E-state index in [0.29, 0.717) is 39.7 Å². The maximum Gasteiger partial charge on any atom is 0.269 e. The summed E-state index contributed by atoms with van der Waals surface area (Å²) in [5.41, 5.74) is 2.35. The molecule has 0 unspecified atom stereocenters. The van der Waals surface area contributed by atoms with Gasteiger partial charge in [0.05, 0.1) is 12.8 Å². The lowest BCUT2D eigenvalue weighted by molar-refractivity contribution is 0.415. The molecule has 0 atom stereocenters. The molecule has 0 aliphatic rings. The summed E-state index contributed by atoms with van der Waals surface area (Å²) in [6.45, 7) is 2.25. The first-order valence-corrected chi connectivity index (χ1v) is 8.75. The van der Waals surface area contributed by atoms with E-state index in [0.717, 1.165) is 0 Å². The zero-order valence-electron chi connectivity index (χ0n) is 14.2. The number of halogens is 3. The molecule has 26 heavy (non-hydrogen) atoms. The molecule has 6 heteroatoms. The summed E-state index contributed by atoms with van der Waals surface area (Å²) in [5.74, 6) is 0.272. The first-order chi connectivity index (χ1) is 12.5. The molecule has 3 aromatic rings. The highest BCUT2D eigenvalue weighted by atomic mass is 35.5. The number of ether oxygens (including phenoxy) is 1. The lowest BCUT2D eigenvalue weighted by atomic mass is 9.98. The first kappa shape index (κ1) is 18.5. The fourth-order valence-corrected chi connectivity index (χ4v) is 3.33. The first-order valence-electron chi connectivity index (χ1n) is 7.99. The van der Waals surface area contributed by atoms with Gasteiger partial charge in [0, 0.05) is 22.7 Å². The van der Waals surface area contributed by atoms with Crippen molar-refractivity contribution in [3.63, 3.8) is 0 Å². The Morgan fingerprint density at radius 3 is 2.31 bits per heavy atom. The van der Waals surface area contributed by atoms with Gasteiger partial charge in [-0.3, -0.25) is 4.79 Å². The fourth-order valence-electron chi connectivity index (χ4n) is 2.90. The Morgan fingerprint density at radius 1 is 1.00 bits per heavy atom. The largest absolute Gasteiger partial charge is 0.497 e. The van der Waals surface area contributed by atoms with E-state index in [1.54, 1.807) is 48.1 Å². The van der Waals surface area contributed by atoms with Gasteiger partial charge in [-0.05, 0) is 61.0 Å². The van der Waals surface area contributed by atoms with E-state index in [2.05, 4.69) is 0 Å². The Kier molecular flexibility index (Phi) is 5.35. The van der Waals surface area contributed by atoms with Gasteiger partial charge >= 0.3 is 0 Å². The third kappa shape index (κ3) is 3.35. The predicted octanol–water partition coefficient (Wildman–Crippen LogP) is 5.66. The average molecular weight is 392 g/mol. The Bertz CT molecular complexity index is 1010. The zero-order chi connectivity index (χ0) is 18.8. The monoisotopic (exact) mass is 391 g/mol. The number of benzene rings is 2. The van der Waals surface area contributed by atoms with Crippen LogP contribution in [0.25, 0.3) is 22.4 Å². The van der Waals surface area contributed by atoms with Gasteiger partial charge in [0.1, 0.15) is 16.6 Å². The van der Waals surface area contributed by atoms with E-state index in [9.17, 15) is 9.18 Å². The van der Waals surface area contributed by atoms with Crippen LogP contribution in [-0.4, -0.2) is 11.7 Å². The summed E-state index contributed by atoms with van der Waals surface area (Å²) in [6.07, 6.45) is 0. The number of aromatic nitrogens is 1. The summed E-state index contributed by atoms with van der Waals surface area (Å²) >= 11 is 12.6. The third-order valence-corrected chi connectivity index (χ3v) is 4.74. The van der Waals surface area contributed by atoms with Crippen molar-refractivity contribution in [2.45, 2.75) is 13.5 Å². The van der Waals surface area contributed by atoms with Gasteiger partial charge in [0.25, 0.3) is 5.56 Å². The van der Waals surface area contributed by atoms with Crippen molar-refractivity contribution in [1.29, 1.82) is 0 Å². The highest BCUT2D eigenvalue weighted by Crippen LogP contribution is 2.38. The van der Waals surface area contributed by atoms with Gasteiger partial charge in [0.15, 0.2) is 0 Å². The molecule has 0 radical (unpaired) electrons. The molecule has 0 fully saturated rings. The molecule has 1 aromatic heterocycles. The van der Waals surface area contributed by atoms with Crippen LogP contribution in [0.1, 0.15) is 6.92 Å². The number of pyridine rings is 1. The number of rotatable bonds is 4. The molecule has 1 heterocycles. The third-order valence-electron chi connectivity index (χ3n) is 4.14. The molecule has 3 nitrogen and oxygen atoms in total. The molecule has 0 bridgehead atoms. The van der Waals surface area contributed by atoms with E-state index in [-0.39, 0.29) is 16.4 Å². The topological polar surface area (TPSA) is 31.2 Å². The summed E-state index contributed by atoms with van der Waals surface area (Å²) in [6, 6.07) is 12.8. The van der Waals surface area contributed by atoms with E-state index in [1.165, 1.54) is 12.1 Å². The highest BCUT2D eigenvalue weighted by molar-refractivity contribution is 6.34.